The van der Waals surface area contributed by atoms with Crippen LogP contribution in [0.5, 0.6) is 0 Å². The summed E-state index contributed by atoms with van der Waals surface area (Å²) in [6.07, 6.45) is 5.04. The van der Waals surface area contributed by atoms with Crippen LogP contribution in [0.3, 0.4) is 0 Å². The number of thioether (sulfide) groups is 1. The number of thiophene rings is 1. The number of nitrogens with zero attached hydrogens (tertiary/aromatic N) is 5. The van der Waals surface area contributed by atoms with Crippen LogP contribution < -0.4 is 5.56 Å². The summed E-state index contributed by atoms with van der Waals surface area (Å²) in [5, 5.41) is 11.8. The number of pyridine rings is 1. The monoisotopic (exact) mass is 480 g/mol. The Morgan fingerprint density at radius 3 is 2.88 bits per heavy atom. The second-order valence-electron chi connectivity index (χ2n) is 7.20. The maximum Gasteiger partial charge on any atom is 0.260 e. The molecule has 5 heterocycles. The number of furan rings is 1. The van der Waals surface area contributed by atoms with Crippen LogP contribution in [0.15, 0.2) is 62.7 Å². The lowest BCUT2D eigenvalue weighted by Gasteiger charge is -2.13. The van der Waals surface area contributed by atoms with E-state index in [0.717, 1.165) is 22.1 Å². The standard InChI is InChI=1S/C22H20N6O3S2/c1-13(18-24-20(29)17-15(12-32-21(17)25-18)16-4-3-10-31-16)33-22-27-26-19(28(22)9-11-30-2)14-5-7-23-8-6-14/h3-8,10,12-13H,9,11H2,1-2H3,(H,24,25,29). The fraction of sp³-hybridized carbons (Fsp3) is 0.227. The first kappa shape index (κ1) is 21.6. The van der Waals surface area contributed by atoms with Crippen molar-refractivity contribution in [3.8, 4) is 22.7 Å². The van der Waals surface area contributed by atoms with Crippen LogP contribution >= 0.6 is 23.1 Å². The van der Waals surface area contributed by atoms with Gasteiger partial charge in [-0.1, -0.05) is 11.8 Å². The van der Waals surface area contributed by atoms with Crippen LogP contribution in [0, 0.1) is 0 Å². The second kappa shape index (κ2) is 9.30. The maximum atomic E-state index is 12.9. The Balaban J connectivity index is 1.47. The summed E-state index contributed by atoms with van der Waals surface area (Å²) < 4.78 is 12.8. The van der Waals surface area contributed by atoms with Gasteiger partial charge < -0.3 is 14.1 Å². The van der Waals surface area contributed by atoms with Gasteiger partial charge in [-0.3, -0.25) is 14.3 Å². The van der Waals surface area contributed by atoms with Crippen molar-refractivity contribution in [2.75, 3.05) is 13.7 Å². The fourth-order valence-corrected chi connectivity index (χ4v) is 5.33. The van der Waals surface area contributed by atoms with E-state index in [1.54, 1.807) is 31.8 Å². The number of methoxy groups -OCH3 is 1. The minimum absolute atomic E-state index is 0.160. The van der Waals surface area contributed by atoms with Crippen molar-refractivity contribution >= 4 is 33.3 Å². The molecule has 0 saturated heterocycles. The summed E-state index contributed by atoms with van der Waals surface area (Å²) in [5.41, 5.74) is 1.49. The van der Waals surface area contributed by atoms with E-state index in [4.69, 9.17) is 14.1 Å². The molecule has 0 aliphatic heterocycles. The topological polar surface area (TPSA) is 112 Å². The van der Waals surface area contributed by atoms with E-state index in [1.165, 1.54) is 23.1 Å². The van der Waals surface area contributed by atoms with Crippen LogP contribution in [-0.2, 0) is 11.3 Å². The van der Waals surface area contributed by atoms with Crippen LogP contribution in [0.1, 0.15) is 18.0 Å². The molecule has 33 heavy (non-hydrogen) atoms. The summed E-state index contributed by atoms with van der Waals surface area (Å²) >= 11 is 2.91. The van der Waals surface area contributed by atoms with Gasteiger partial charge in [0.05, 0.1) is 30.1 Å². The van der Waals surface area contributed by atoms with Crippen LogP contribution in [0.2, 0.25) is 0 Å². The molecule has 0 bridgehead atoms. The number of nitrogens with one attached hydrogen (secondary N) is 1. The molecule has 0 aliphatic carbocycles. The minimum Gasteiger partial charge on any atom is -0.464 e. The number of aromatic nitrogens is 6. The fourth-order valence-electron chi connectivity index (χ4n) is 3.46. The zero-order valence-corrected chi connectivity index (χ0v) is 19.5. The summed E-state index contributed by atoms with van der Waals surface area (Å²) in [5.74, 6) is 1.97. The quantitative estimate of drug-likeness (QED) is 0.325. The molecule has 0 amide bonds. The summed E-state index contributed by atoms with van der Waals surface area (Å²) in [6.45, 7) is 3.09. The third-order valence-electron chi connectivity index (χ3n) is 5.09. The highest BCUT2D eigenvalue weighted by Crippen LogP contribution is 2.36. The van der Waals surface area contributed by atoms with Gasteiger partial charge in [0.2, 0.25) is 0 Å². The first-order valence-corrected chi connectivity index (χ1v) is 12.0. The molecule has 168 valence electrons. The van der Waals surface area contributed by atoms with E-state index in [9.17, 15) is 4.79 Å². The molecule has 0 radical (unpaired) electrons. The van der Waals surface area contributed by atoms with E-state index >= 15 is 0 Å². The van der Waals surface area contributed by atoms with Gasteiger partial charge in [0.25, 0.3) is 5.56 Å². The summed E-state index contributed by atoms with van der Waals surface area (Å²) in [4.78, 5) is 25.4. The predicted molar refractivity (Wildman–Crippen MR) is 127 cm³/mol. The van der Waals surface area contributed by atoms with E-state index in [-0.39, 0.29) is 10.8 Å². The van der Waals surface area contributed by atoms with E-state index in [1.807, 2.05) is 35.1 Å². The zero-order chi connectivity index (χ0) is 22.8. The smallest absolute Gasteiger partial charge is 0.260 e. The third-order valence-corrected chi connectivity index (χ3v) is 7.05. The van der Waals surface area contributed by atoms with Gasteiger partial charge in [-0.2, -0.15) is 0 Å². The lowest BCUT2D eigenvalue weighted by Crippen LogP contribution is -2.13. The van der Waals surface area contributed by atoms with Gasteiger partial charge in [0.1, 0.15) is 16.4 Å². The number of fused-ring (bicyclic) bond motifs is 1. The van der Waals surface area contributed by atoms with E-state index < -0.39 is 0 Å². The highest BCUT2D eigenvalue weighted by atomic mass is 32.2. The Hall–Kier alpha value is -3.28. The lowest BCUT2D eigenvalue weighted by atomic mass is 10.2. The highest BCUT2D eigenvalue weighted by molar-refractivity contribution is 7.99. The molecule has 1 unspecified atom stereocenters. The van der Waals surface area contributed by atoms with Crippen molar-refractivity contribution in [1.29, 1.82) is 0 Å². The predicted octanol–water partition coefficient (Wildman–Crippen LogP) is 4.40. The Morgan fingerprint density at radius 2 is 2.12 bits per heavy atom. The van der Waals surface area contributed by atoms with Gasteiger partial charge in [-0.05, 0) is 31.2 Å². The first-order chi connectivity index (χ1) is 16.2. The molecule has 9 nitrogen and oxygen atoms in total. The van der Waals surface area contributed by atoms with E-state index in [0.29, 0.717) is 35.0 Å². The average Bonchev–Trinajstić information content (AvgIpc) is 3.58. The largest absolute Gasteiger partial charge is 0.464 e. The second-order valence-corrected chi connectivity index (χ2v) is 9.37. The molecule has 5 aromatic rings. The average molecular weight is 481 g/mol. The Kier molecular flexibility index (Phi) is 6.07. The van der Waals surface area contributed by atoms with Crippen LogP contribution in [-0.4, -0.2) is 43.4 Å². The number of hydrogen-bond donors (Lipinski definition) is 1. The molecule has 1 atom stereocenters. The van der Waals surface area contributed by atoms with Crippen molar-refractivity contribution in [2.24, 2.45) is 0 Å². The maximum absolute atomic E-state index is 12.9. The SMILES string of the molecule is COCCn1c(SC(C)c2nc3scc(-c4ccco4)c3c(=O)[nH]2)nnc1-c1ccncc1. The lowest BCUT2D eigenvalue weighted by molar-refractivity contribution is 0.185. The number of H-pyrrole nitrogens is 1. The summed E-state index contributed by atoms with van der Waals surface area (Å²) in [7, 11) is 1.66. The number of aromatic amines is 1. The molecule has 0 aromatic carbocycles. The van der Waals surface area contributed by atoms with Gasteiger partial charge in [-0.25, -0.2) is 4.98 Å². The first-order valence-electron chi connectivity index (χ1n) is 10.2. The van der Waals surface area contributed by atoms with Crippen LogP contribution in [0.25, 0.3) is 32.9 Å². The number of rotatable bonds is 8. The molecular weight excluding hydrogens is 460 g/mol. The minimum atomic E-state index is -0.187. The van der Waals surface area contributed by atoms with Gasteiger partial charge in [0, 0.05) is 36.0 Å². The van der Waals surface area contributed by atoms with Gasteiger partial charge in [0.15, 0.2) is 11.0 Å². The number of ether oxygens (including phenoxy) is 1. The van der Waals surface area contributed by atoms with Gasteiger partial charge in [-0.15, -0.1) is 21.5 Å². The molecule has 5 aromatic heterocycles. The molecule has 5 rings (SSSR count). The molecule has 0 aliphatic rings. The molecular formula is C22H20N6O3S2. The van der Waals surface area contributed by atoms with Crippen molar-refractivity contribution in [1.82, 2.24) is 29.7 Å². The highest BCUT2D eigenvalue weighted by Gasteiger charge is 2.21. The van der Waals surface area contributed by atoms with Crippen molar-refractivity contribution < 1.29 is 9.15 Å². The van der Waals surface area contributed by atoms with Gasteiger partial charge >= 0.3 is 0 Å². The number of hydrogen-bond acceptors (Lipinski definition) is 9. The van der Waals surface area contributed by atoms with Crippen molar-refractivity contribution in [3.63, 3.8) is 0 Å². The molecule has 0 fully saturated rings. The normalized spacial score (nSPS) is 12.4. The Labute approximate surface area is 196 Å². The molecule has 11 heteroatoms. The van der Waals surface area contributed by atoms with Crippen molar-refractivity contribution in [2.45, 2.75) is 23.9 Å². The Morgan fingerprint density at radius 1 is 1.27 bits per heavy atom. The van der Waals surface area contributed by atoms with E-state index in [2.05, 4.69) is 20.2 Å². The Bertz CT molecular complexity index is 1430. The zero-order valence-electron chi connectivity index (χ0n) is 17.9. The molecule has 1 N–H and O–H groups in total. The molecule has 0 spiro atoms. The third kappa shape index (κ3) is 4.22. The molecule has 0 saturated carbocycles. The van der Waals surface area contributed by atoms with Crippen molar-refractivity contribution in [3.05, 3.63) is 64.5 Å². The van der Waals surface area contributed by atoms with Crippen LogP contribution in [0.4, 0.5) is 0 Å². The summed E-state index contributed by atoms with van der Waals surface area (Å²) in [6, 6.07) is 7.42.